The normalized spacial score (nSPS) is 9.69. The molecule has 0 unspecified atom stereocenters. The second kappa shape index (κ2) is 4.14. The highest BCUT2D eigenvalue weighted by atomic mass is 35.5. The van der Waals surface area contributed by atoms with Crippen molar-refractivity contribution in [3.63, 3.8) is 0 Å². The zero-order valence-corrected chi connectivity index (χ0v) is 7.97. The third-order valence-electron chi connectivity index (χ3n) is 1.52. The van der Waals surface area contributed by atoms with E-state index in [0.717, 1.165) is 0 Å². The fraction of sp³-hybridized carbons (Fsp3) is 0.222. The van der Waals surface area contributed by atoms with Crippen LogP contribution in [0.3, 0.4) is 0 Å². The smallest absolute Gasteiger partial charge is 0.339 e. The number of hydrogen-bond acceptors (Lipinski definition) is 3. The van der Waals surface area contributed by atoms with E-state index in [1.54, 1.807) is 25.1 Å². The highest BCUT2D eigenvalue weighted by Crippen LogP contribution is 2.23. The molecule has 0 saturated carbocycles. The number of anilines is 1. The van der Waals surface area contributed by atoms with Crippen molar-refractivity contribution in [1.82, 2.24) is 0 Å². The predicted octanol–water partition coefficient (Wildman–Crippen LogP) is 2.10. The Kier molecular flexibility index (Phi) is 3.14. The predicted molar refractivity (Wildman–Crippen MR) is 51.8 cm³/mol. The van der Waals surface area contributed by atoms with Gasteiger partial charge in [-0.1, -0.05) is 17.7 Å². The molecule has 2 N–H and O–H groups in total. The summed E-state index contributed by atoms with van der Waals surface area (Å²) < 4.78 is 4.78. The van der Waals surface area contributed by atoms with E-state index < -0.39 is 5.97 Å². The first-order chi connectivity index (χ1) is 6.16. The molecule has 0 atom stereocenters. The van der Waals surface area contributed by atoms with Crippen molar-refractivity contribution >= 4 is 23.3 Å². The van der Waals surface area contributed by atoms with E-state index in [2.05, 4.69) is 0 Å². The monoisotopic (exact) mass is 199 g/mol. The van der Waals surface area contributed by atoms with Crippen LogP contribution in [0, 0.1) is 0 Å². The summed E-state index contributed by atoms with van der Waals surface area (Å²) >= 11 is 5.80. The molecule has 1 aromatic rings. The third kappa shape index (κ3) is 2.12. The first-order valence-electron chi connectivity index (χ1n) is 3.88. The number of hydrogen-bond donors (Lipinski definition) is 1. The van der Waals surface area contributed by atoms with E-state index in [-0.39, 0.29) is 5.02 Å². The molecule has 70 valence electrons. The Morgan fingerprint density at radius 3 is 2.92 bits per heavy atom. The van der Waals surface area contributed by atoms with Crippen molar-refractivity contribution in [2.24, 2.45) is 0 Å². The van der Waals surface area contributed by atoms with Gasteiger partial charge < -0.3 is 10.5 Å². The summed E-state index contributed by atoms with van der Waals surface area (Å²) in [5, 5.41) is 0.251. The van der Waals surface area contributed by atoms with Crippen LogP contribution >= 0.6 is 11.6 Å². The van der Waals surface area contributed by atoms with Gasteiger partial charge in [0.15, 0.2) is 0 Å². The van der Waals surface area contributed by atoms with E-state index in [9.17, 15) is 4.79 Å². The van der Waals surface area contributed by atoms with Crippen LogP contribution in [0.25, 0.3) is 0 Å². The lowest BCUT2D eigenvalue weighted by Crippen LogP contribution is -2.06. The highest BCUT2D eigenvalue weighted by Gasteiger charge is 2.12. The second-order valence-corrected chi connectivity index (χ2v) is 2.81. The Hall–Kier alpha value is -1.22. The Morgan fingerprint density at radius 1 is 1.62 bits per heavy atom. The fourth-order valence-corrected chi connectivity index (χ4v) is 1.12. The number of carbonyl (C=O) groups excluding carboxylic acids is 1. The average Bonchev–Trinajstić information content (AvgIpc) is 2.10. The zero-order chi connectivity index (χ0) is 9.84. The molecular weight excluding hydrogens is 190 g/mol. The minimum atomic E-state index is -0.445. The molecule has 0 bridgehead atoms. The number of nitrogens with two attached hydrogens (primary N) is 1. The molecule has 1 aromatic carbocycles. The molecule has 0 fully saturated rings. The Balaban J connectivity index is 3.01. The van der Waals surface area contributed by atoms with Crippen LogP contribution in [0.1, 0.15) is 17.3 Å². The molecule has 13 heavy (non-hydrogen) atoms. The molecule has 0 aliphatic rings. The van der Waals surface area contributed by atoms with Crippen LogP contribution in [-0.2, 0) is 4.74 Å². The van der Waals surface area contributed by atoms with Crippen molar-refractivity contribution in [2.75, 3.05) is 12.3 Å². The molecule has 4 heteroatoms. The van der Waals surface area contributed by atoms with E-state index in [1.807, 2.05) is 0 Å². The van der Waals surface area contributed by atoms with Gasteiger partial charge in [0, 0.05) is 0 Å². The third-order valence-corrected chi connectivity index (χ3v) is 1.95. The minimum absolute atomic E-state index is 0.251. The average molecular weight is 200 g/mol. The van der Waals surface area contributed by atoms with Gasteiger partial charge in [-0.2, -0.15) is 0 Å². The summed E-state index contributed by atoms with van der Waals surface area (Å²) in [6, 6.07) is 4.87. The van der Waals surface area contributed by atoms with Crippen LogP contribution in [0.5, 0.6) is 0 Å². The van der Waals surface area contributed by atoms with Crippen molar-refractivity contribution in [2.45, 2.75) is 6.92 Å². The fourth-order valence-electron chi connectivity index (χ4n) is 0.916. The number of halogens is 1. The highest BCUT2D eigenvalue weighted by molar-refractivity contribution is 6.36. The van der Waals surface area contributed by atoms with Gasteiger partial charge in [-0.05, 0) is 19.1 Å². The van der Waals surface area contributed by atoms with E-state index in [1.165, 1.54) is 0 Å². The molecule has 3 nitrogen and oxygen atoms in total. The maximum absolute atomic E-state index is 11.3. The van der Waals surface area contributed by atoms with Gasteiger partial charge in [-0.15, -0.1) is 0 Å². The first-order valence-corrected chi connectivity index (χ1v) is 4.25. The van der Waals surface area contributed by atoms with Crippen LogP contribution < -0.4 is 5.73 Å². The molecule has 0 aliphatic heterocycles. The van der Waals surface area contributed by atoms with Crippen LogP contribution in [-0.4, -0.2) is 12.6 Å². The first kappa shape index (κ1) is 9.86. The van der Waals surface area contributed by atoms with Crippen LogP contribution in [0.15, 0.2) is 18.2 Å². The van der Waals surface area contributed by atoms with Gasteiger partial charge in [-0.25, -0.2) is 4.79 Å². The van der Waals surface area contributed by atoms with E-state index in [4.69, 9.17) is 22.1 Å². The molecular formula is C9H10ClNO2. The molecule has 0 spiro atoms. The van der Waals surface area contributed by atoms with E-state index >= 15 is 0 Å². The standard InChI is InChI=1S/C9H10ClNO2/c1-2-13-9(12)6-4-3-5-7(11)8(6)10/h3-5H,2,11H2,1H3. The maximum Gasteiger partial charge on any atom is 0.339 e. The molecule has 0 aromatic heterocycles. The van der Waals surface area contributed by atoms with Crippen LogP contribution in [0.4, 0.5) is 5.69 Å². The molecule has 0 heterocycles. The molecule has 0 radical (unpaired) electrons. The summed E-state index contributed by atoms with van der Waals surface area (Å²) in [6.07, 6.45) is 0. The SMILES string of the molecule is CCOC(=O)c1cccc(N)c1Cl. The van der Waals surface area contributed by atoms with Crippen molar-refractivity contribution in [3.8, 4) is 0 Å². The van der Waals surface area contributed by atoms with Crippen molar-refractivity contribution < 1.29 is 9.53 Å². The number of nitrogen functional groups attached to an aromatic ring is 1. The Bertz CT molecular complexity index is 325. The van der Waals surface area contributed by atoms with Crippen molar-refractivity contribution in [3.05, 3.63) is 28.8 Å². The molecule has 0 aliphatic carbocycles. The largest absolute Gasteiger partial charge is 0.462 e. The maximum atomic E-state index is 11.3. The summed E-state index contributed by atoms with van der Waals surface area (Å²) in [7, 11) is 0. The number of rotatable bonds is 2. The van der Waals surface area contributed by atoms with Gasteiger partial charge in [0.05, 0.1) is 22.9 Å². The molecule has 0 amide bonds. The number of benzene rings is 1. The summed E-state index contributed by atoms with van der Waals surface area (Å²) in [5.41, 5.74) is 6.21. The summed E-state index contributed by atoms with van der Waals surface area (Å²) in [4.78, 5) is 11.3. The topological polar surface area (TPSA) is 52.3 Å². The number of esters is 1. The second-order valence-electron chi connectivity index (χ2n) is 2.43. The molecule has 0 saturated heterocycles. The molecule has 1 rings (SSSR count). The lowest BCUT2D eigenvalue weighted by atomic mass is 10.2. The van der Waals surface area contributed by atoms with Gasteiger partial charge >= 0.3 is 5.97 Å². The summed E-state index contributed by atoms with van der Waals surface area (Å²) in [6.45, 7) is 2.06. The zero-order valence-electron chi connectivity index (χ0n) is 7.21. The lowest BCUT2D eigenvalue weighted by Gasteiger charge is -2.05. The van der Waals surface area contributed by atoms with Gasteiger partial charge in [0.1, 0.15) is 0 Å². The summed E-state index contributed by atoms with van der Waals surface area (Å²) in [5.74, 6) is -0.445. The number of carbonyl (C=O) groups is 1. The quantitative estimate of drug-likeness (QED) is 0.586. The Morgan fingerprint density at radius 2 is 2.31 bits per heavy atom. The van der Waals surface area contributed by atoms with Crippen LogP contribution in [0.2, 0.25) is 5.02 Å². The minimum Gasteiger partial charge on any atom is -0.462 e. The Labute approximate surface area is 81.4 Å². The lowest BCUT2D eigenvalue weighted by molar-refractivity contribution is 0.0526. The van der Waals surface area contributed by atoms with E-state index in [0.29, 0.717) is 17.9 Å². The van der Waals surface area contributed by atoms with Crippen molar-refractivity contribution in [1.29, 1.82) is 0 Å². The van der Waals surface area contributed by atoms with Gasteiger partial charge in [-0.3, -0.25) is 0 Å². The van der Waals surface area contributed by atoms with Gasteiger partial charge in [0.25, 0.3) is 0 Å². The van der Waals surface area contributed by atoms with Gasteiger partial charge in [0.2, 0.25) is 0 Å². The number of ether oxygens (including phenoxy) is 1.